The summed E-state index contributed by atoms with van der Waals surface area (Å²) in [4.78, 5) is 12.3. The van der Waals surface area contributed by atoms with Gasteiger partial charge in [-0.25, -0.2) is 0 Å². The fraction of sp³-hybridized carbons (Fsp3) is 0.897. The lowest BCUT2D eigenvalue weighted by Gasteiger charge is -2.21. The number of carbonyl (C=O) groups is 1. The number of hydrogen-bond donors (Lipinski definition) is 3. The van der Waals surface area contributed by atoms with E-state index < -0.39 is 28.0 Å². The smallest absolute Gasteiger partial charge is 0.267 e. The number of carbonyl (C=O) groups excluding carboxylic acids is 1. The van der Waals surface area contributed by atoms with Gasteiger partial charge in [0.05, 0.1) is 17.9 Å². The molecule has 0 radical (unpaired) electrons. The van der Waals surface area contributed by atoms with Gasteiger partial charge in [-0.2, -0.15) is 8.42 Å². The summed E-state index contributed by atoms with van der Waals surface area (Å²) in [5, 5.41) is 13.0. The standard InChI is InChI=1S/C29H57NO5S/c1-3-5-7-9-11-12-13-14-15-16-17-19-20-22-24-28(31)27(26-36(33,34)35)30-29(32)25-23-21-18-10-8-6-4-2/h22,24,27-28,31H,3-21,23,25-26H2,1-2H3,(H,30,32)(H,33,34,35)/b24-22+. The van der Waals surface area contributed by atoms with E-state index in [0.29, 0.717) is 6.42 Å². The van der Waals surface area contributed by atoms with Gasteiger partial charge >= 0.3 is 0 Å². The van der Waals surface area contributed by atoms with Gasteiger partial charge in [0.1, 0.15) is 0 Å². The Balaban J connectivity index is 4.07. The molecule has 214 valence electrons. The van der Waals surface area contributed by atoms with E-state index in [0.717, 1.165) is 38.5 Å². The van der Waals surface area contributed by atoms with E-state index in [1.54, 1.807) is 6.08 Å². The third-order valence-electron chi connectivity index (χ3n) is 6.71. The van der Waals surface area contributed by atoms with E-state index in [1.165, 1.54) is 89.9 Å². The molecule has 3 N–H and O–H groups in total. The molecule has 0 saturated carbocycles. The number of aliphatic hydroxyl groups is 1. The molecule has 0 heterocycles. The van der Waals surface area contributed by atoms with Gasteiger partial charge in [-0.05, 0) is 19.3 Å². The third-order valence-corrected chi connectivity index (χ3v) is 7.49. The summed E-state index contributed by atoms with van der Waals surface area (Å²) in [6.45, 7) is 4.42. The van der Waals surface area contributed by atoms with Gasteiger partial charge in [-0.1, -0.05) is 135 Å². The Labute approximate surface area is 222 Å². The summed E-state index contributed by atoms with van der Waals surface area (Å²) in [7, 11) is -4.32. The van der Waals surface area contributed by atoms with E-state index >= 15 is 0 Å². The molecule has 0 aliphatic heterocycles. The number of aliphatic hydroxyl groups excluding tert-OH is 1. The summed E-state index contributed by atoms with van der Waals surface area (Å²) < 4.78 is 32.0. The van der Waals surface area contributed by atoms with Crippen LogP contribution in [-0.2, 0) is 14.9 Å². The summed E-state index contributed by atoms with van der Waals surface area (Å²) in [6.07, 6.45) is 26.4. The number of hydrogen-bond acceptors (Lipinski definition) is 4. The maximum Gasteiger partial charge on any atom is 0.267 e. The Kier molecular flexibility index (Phi) is 23.8. The van der Waals surface area contributed by atoms with Crippen LogP contribution in [0, 0.1) is 0 Å². The van der Waals surface area contributed by atoms with Crippen LogP contribution in [0.2, 0.25) is 0 Å². The SMILES string of the molecule is CCCCCCCCCCCCCC/C=C/C(O)C(CS(=O)(=O)O)NC(=O)CCCCCCCCC. The first kappa shape index (κ1) is 35.1. The minimum atomic E-state index is -4.32. The topological polar surface area (TPSA) is 104 Å². The van der Waals surface area contributed by atoms with Crippen molar-refractivity contribution in [2.24, 2.45) is 0 Å². The Morgan fingerprint density at radius 3 is 1.58 bits per heavy atom. The van der Waals surface area contributed by atoms with Crippen molar-refractivity contribution in [1.82, 2.24) is 5.32 Å². The highest BCUT2D eigenvalue weighted by atomic mass is 32.2. The van der Waals surface area contributed by atoms with Crippen LogP contribution in [0.15, 0.2) is 12.2 Å². The molecule has 0 aliphatic rings. The second-order valence-corrected chi connectivity index (χ2v) is 11.9. The fourth-order valence-electron chi connectivity index (χ4n) is 4.45. The minimum absolute atomic E-state index is 0.286. The van der Waals surface area contributed by atoms with Gasteiger partial charge in [0.15, 0.2) is 0 Å². The van der Waals surface area contributed by atoms with E-state index in [-0.39, 0.29) is 5.91 Å². The van der Waals surface area contributed by atoms with Crippen molar-refractivity contribution in [3.63, 3.8) is 0 Å². The summed E-state index contributed by atoms with van der Waals surface area (Å²) in [5.74, 6) is -0.981. The zero-order valence-corrected chi connectivity index (χ0v) is 24.2. The first-order chi connectivity index (χ1) is 17.3. The third kappa shape index (κ3) is 24.8. The largest absolute Gasteiger partial charge is 0.387 e. The molecule has 6 nitrogen and oxygen atoms in total. The zero-order valence-electron chi connectivity index (χ0n) is 23.4. The Hall–Kier alpha value is -0.920. The normalized spacial score (nSPS) is 13.8. The van der Waals surface area contributed by atoms with E-state index in [9.17, 15) is 22.9 Å². The highest BCUT2D eigenvalue weighted by Gasteiger charge is 2.24. The molecule has 0 aliphatic carbocycles. The molecule has 0 fully saturated rings. The average Bonchev–Trinajstić information content (AvgIpc) is 2.82. The van der Waals surface area contributed by atoms with E-state index in [1.807, 2.05) is 6.08 Å². The minimum Gasteiger partial charge on any atom is -0.387 e. The van der Waals surface area contributed by atoms with Crippen LogP contribution in [-0.4, -0.2) is 41.9 Å². The monoisotopic (exact) mass is 531 g/mol. The molecule has 36 heavy (non-hydrogen) atoms. The Bertz CT molecular complexity index is 636. The van der Waals surface area contributed by atoms with Crippen LogP contribution in [0.4, 0.5) is 0 Å². The van der Waals surface area contributed by atoms with Crippen LogP contribution in [0.5, 0.6) is 0 Å². The molecule has 0 rings (SSSR count). The lowest BCUT2D eigenvalue weighted by molar-refractivity contribution is -0.122. The maximum atomic E-state index is 12.3. The van der Waals surface area contributed by atoms with Crippen LogP contribution in [0.1, 0.15) is 149 Å². The molecular formula is C29H57NO5S. The molecule has 2 unspecified atom stereocenters. The van der Waals surface area contributed by atoms with Crippen molar-refractivity contribution in [3.8, 4) is 0 Å². The molecule has 0 spiro atoms. The van der Waals surface area contributed by atoms with Crippen LogP contribution in [0.25, 0.3) is 0 Å². The second-order valence-electron chi connectivity index (χ2n) is 10.4. The quantitative estimate of drug-likeness (QED) is 0.0609. The molecular weight excluding hydrogens is 474 g/mol. The van der Waals surface area contributed by atoms with Crippen LogP contribution >= 0.6 is 0 Å². The van der Waals surface area contributed by atoms with E-state index in [4.69, 9.17) is 0 Å². The lowest BCUT2D eigenvalue weighted by Crippen LogP contribution is -2.46. The van der Waals surface area contributed by atoms with Gasteiger partial charge in [0, 0.05) is 6.42 Å². The zero-order chi connectivity index (χ0) is 26.9. The number of allylic oxidation sites excluding steroid dienone is 1. The maximum absolute atomic E-state index is 12.3. The summed E-state index contributed by atoms with van der Waals surface area (Å²) in [5.41, 5.74) is 0. The first-order valence-electron chi connectivity index (χ1n) is 14.9. The summed E-state index contributed by atoms with van der Waals surface area (Å²) in [6, 6.07) is -1.05. The van der Waals surface area contributed by atoms with Crippen molar-refractivity contribution >= 4 is 16.0 Å². The molecule has 0 aromatic heterocycles. The number of amides is 1. The molecule has 1 amide bonds. The Morgan fingerprint density at radius 1 is 0.722 bits per heavy atom. The highest BCUT2D eigenvalue weighted by Crippen LogP contribution is 2.13. The number of rotatable bonds is 26. The predicted octanol–water partition coefficient (Wildman–Crippen LogP) is 7.51. The second kappa shape index (κ2) is 24.4. The van der Waals surface area contributed by atoms with Crippen molar-refractivity contribution < 1.29 is 22.9 Å². The van der Waals surface area contributed by atoms with Crippen LogP contribution in [0.3, 0.4) is 0 Å². The van der Waals surface area contributed by atoms with Gasteiger partial charge in [0.2, 0.25) is 5.91 Å². The van der Waals surface area contributed by atoms with Crippen molar-refractivity contribution in [3.05, 3.63) is 12.2 Å². The molecule has 0 aromatic carbocycles. The summed E-state index contributed by atoms with van der Waals surface area (Å²) >= 11 is 0. The van der Waals surface area contributed by atoms with Crippen LogP contribution < -0.4 is 5.32 Å². The molecule has 2 atom stereocenters. The molecule has 7 heteroatoms. The molecule has 0 saturated heterocycles. The first-order valence-corrected chi connectivity index (χ1v) is 16.5. The highest BCUT2D eigenvalue weighted by molar-refractivity contribution is 7.85. The Morgan fingerprint density at radius 2 is 1.14 bits per heavy atom. The fourth-order valence-corrected chi connectivity index (χ4v) is 5.18. The van der Waals surface area contributed by atoms with Gasteiger partial charge in [-0.3, -0.25) is 9.35 Å². The number of nitrogens with one attached hydrogen (secondary N) is 1. The lowest BCUT2D eigenvalue weighted by atomic mass is 10.0. The number of unbranched alkanes of at least 4 members (excludes halogenated alkanes) is 18. The predicted molar refractivity (Wildman–Crippen MR) is 152 cm³/mol. The van der Waals surface area contributed by atoms with Gasteiger partial charge in [-0.15, -0.1) is 0 Å². The average molecular weight is 532 g/mol. The molecule has 0 bridgehead atoms. The van der Waals surface area contributed by atoms with Crippen molar-refractivity contribution in [2.75, 3.05) is 5.75 Å². The van der Waals surface area contributed by atoms with E-state index in [2.05, 4.69) is 19.2 Å². The van der Waals surface area contributed by atoms with Gasteiger partial charge in [0.25, 0.3) is 10.1 Å². The molecule has 0 aromatic rings. The van der Waals surface area contributed by atoms with Crippen molar-refractivity contribution in [2.45, 2.75) is 161 Å². The van der Waals surface area contributed by atoms with Gasteiger partial charge < -0.3 is 10.4 Å². The van der Waals surface area contributed by atoms with Crippen molar-refractivity contribution in [1.29, 1.82) is 0 Å².